The molecule has 0 unspecified atom stereocenters. The molecule has 0 aliphatic heterocycles. The fourth-order valence-electron chi connectivity index (χ4n) is 2.51. The Bertz CT molecular complexity index is 986. The van der Waals surface area contributed by atoms with Crippen molar-refractivity contribution in [2.24, 2.45) is 0 Å². The lowest BCUT2D eigenvalue weighted by Gasteiger charge is -2.06. The fourth-order valence-corrected chi connectivity index (χ4v) is 2.51. The van der Waals surface area contributed by atoms with Gasteiger partial charge in [0.1, 0.15) is 12.4 Å². The van der Waals surface area contributed by atoms with Gasteiger partial charge >= 0.3 is 0 Å². The van der Waals surface area contributed by atoms with Crippen LogP contribution in [0.5, 0.6) is 5.75 Å². The molecule has 0 heterocycles. The molecule has 3 aromatic carbocycles. The summed E-state index contributed by atoms with van der Waals surface area (Å²) in [4.78, 5) is 10.3. The highest BCUT2D eigenvalue weighted by molar-refractivity contribution is 5.89. The number of hydrogen-bond donors (Lipinski definition) is 0. The highest BCUT2D eigenvalue weighted by atomic mass is 16.6. The van der Waals surface area contributed by atoms with Gasteiger partial charge in [-0.3, -0.25) is 10.1 Å². The second-order valence-corrected chi connectivity index (χ2v) is 5.82. The Labute approximate surface area is 156 Å². The van der Waals surface area contributed by atoms with Gasteiger partial charge in [0.05, 0.1) is 16.6 Å². The van der Waals surface area contributed by atoms with Gasteiger partial charge in [0.2, 0.25) is 0 Å². The Morgan fingerprint density at radius 3 is 2.26 bits per heavy atom. The quantitative estimate of drug-likeness (QED) is 0.262. The minimum absolute atomic E-state index is 0.00374. The van der Waals surface area contributed by atoms with E-state index >= 15 is 0 Å². The van der Waals surface area contributed by atoms with E-state index in [9.17, 15) is 15.4 Å². The molecule has 0 aliphatic carbocycles. The third-order valence-electron chi connectivity index (χ3n) is 3.95. The molecule has 0 bridgehead atoms. The van der Waals surface area contributed by atoms with Crippen molar-refractivity contribution in [1.82, 2.24) is 0 Å². The van der Waals surface area contributed by atoms with Gasteiger partial charge in [0.15, 0.2) is 0 Å². The average Bonchev–Trinajstić information content (AvgIpc) is 2.72. The largest absolute Gasteiger partial charge is 0.489 e. The van der Waals surface area contributed by atoms with E-state index in [1.165, 1.54) is 12.1 Å². The van der Waals surface area contributed by atoms with Crippen LogP contribution in [0.25, 0.3) is 11.6 Å². The van der Waals surface area contributed by atoms with Crippen molar-refractivity contribution in [3.05, 3.63) is 106 Å². The van der Waals surface area contributed by atoms with Gasteiger partial charge in [0.25, 0.3) is 5.69 Å². The highest BCUT2D eigenvalue weighted by Gasteiger charge is 2.07. The highest BCUT2D eigenvalue weighted by Crippen LogP contribution is 2.22. The molecule has 0 fully saturated rings. The Kier molecular flexibility index (Phi) is 5.60. The Balaban J connectivity index is 1.71. The molecule has 0 aliphatic rings. The third-order valence-corrected chi connectivity index (χ3v) is 3.95. The molecule has 132 valence electrons. The number of nitro benzene ring substituents is 1. The predicted octanol–water partition coefficient (Wildman–Crippen LogP) is 5.24. The Morgan fingerprint density at radius 1 is 1.00 bits per heavy atom. The van der Waals surface area contributed by atoms with Crippen LogP contribution >= 0.6 is 0 Å². The van der Waals surface area contributed by atoms with Crippen molar-refractivity contribution in [3.8, 4) is 11.8 Å². The van der Waals surface area contributed by atoms with Gasteiger partial charge < -0.3 is 4.74 Å². The maximum absolute atomic E-state index is 10.7. The van der Waals surface area contributed by atoms with E-state index < -0.39 is 4.92 Å². The summed E-state index contributed by atoms with van der Waals surface area (Å²) in [7, 11) is 0. The molecule has 0 saturated heterocycles. The molecule has 0 N–H and O–H groups in total. The molecule has 0 spiro atoms. The summed E-state index contributed by atoms with van der Waals surface area (Å²) in [5.74, 6) is 0.741. The first kappa shape index (κ1) is 17.9. The van der Waals surface area contributed by atoms with Gasteiger partial charge in [-0.05, 0) is 47.0 Å². The SMILES string of the molecule is N#C/C(=C/c1ccc(OCc2ccccc2)cc1)c1ccc([N+](=O)[O-])cc1. The maximum Gasteiger partial charge on any atom is 0.269 e. The molecule has 3 aromatic rings. The van der Waals surface area contributed by atoms with Gasteiger partial charge in [-0.2, -0.15) is 5.26 Å². The molecule has 0 aromatic heterocycles. The normalized spacial score (nSPS) is 10.9. The monoisotopic (exact) mass is 356 g/mol. The van der Waals surface area contributed by atoms with Crippen molar-refractivity contribution in [1.29, 1.82) is 5.26 Å². The second-order valence-electron chi connectivity index (χ2n) is 5.82. The number of non-ortho nitro benzene ring substituents is 1. The number of allylic oxidation sites excluding steroid dienone is 1. The molecular formula is C22H16N2O3. The molecule has 27 heavy (non-hydrogen) atoms. The van der Waals surface area contributed by atoms with Gasteiger partial charge in [-0.15, -0.1) is 0 Å². The van der Waals surface area contributed by atoms with E-state index in [-0.39, 0.29) is 5.69 Å². The van der Waals surface area contributed by atoms with E-state index in [4.69, 9.17) is 4.74 Å². The number of rotatable bonds is 6. The minimum atomic E-state index is -0.465. The number of hydrogen-bond acceptors (Lipinski definition) is 4. The number of nitrogens with zero attached hydrogens (tertiary/aromatic N) is 2. The van der Waals surface area contributed by atoms with Crippen LogP contribution in [-0.2, 0) is 6.61 Å². The standard InChI is InChI=1S/C22H16N2O3/c23-15-20(19-8-10-21(11-9-19)24(25)26)14-17-6-12-22(13-7-17)27-16-18-4-2-1-3-5-18/h1-14H,16H2/b20-14-. The van der Waals surface area contributed by atoms with Crippen LogP contribution in [0.2, 0.25) is 0 Å². The van der Waals surface area contributed by atoms with Crippen molar-refractivity contribution in [2.75, 3.05) is 0 Å². The van der Waals surface area contributed by atoms with Crippen molar-refractivity contribution in [3.63, 3.8) is 0 Å². The molecule has 0 atom stereocenters. The van der Waals surface area contributed by atoms with E-state index in [1.807, 2.05) is 54.6 Å². The number of ether oxygens (including phenoxy) is 1. The minimum Gasteiger partial charge on any atom is -0.489 e. The zero-order valence-electron chi connectivity index (χ0n) is 14.4. The smallest absolute Gasteiger partial charge is 0.269 e. The zero-order chi connectivity index (χ0) is 19.1. The van der Waals surface area contributed by atoms with E-state index in [1.54, 1.807) is 18.2 Å². The first-order valence-electron chi connectivity index (χ1n) is 8.29. The van der Waals surface area contributed by atoms with Crippen molar-refractivity contribution < 1.29 is 9.66 Å². The van der Waals surface area contributed by atoms with Crippen molar-refractivity contribution >= 4 is 17.3 Å². The number of nitriles is 1. The first-order chi connectivity index (χ1) is 13.2. The molecular weight excluding hydrogens is 340 g/mol. The van der Waals surface area contributed by atoms with Gasteiger partial charge in [-0.1, -0.05) is 42.5 Å². The Hall–Kier alpha value is -3.91. The lowest BCUT2D eigenvalue weighted by atomic mass is 10.0. The van der Waals surface area contributed by atoms with Gasteiger partial charge in [-0.25, -0.2) is 0 Å². The van der Waals surface area contributed by atoms with E-state index in [0.717, 1.165) is 16.9 Å². The molecule has 0 amide bonds. The van der Waals surface area contributed by atoms with E-state index in [2.05, 4.69) is 6.07 Å². The summed E-state index contributed by atoms with van der Waals surface area (Å²) < 4.78 is 5.75. The zero-order valence-corrected chi connectivity index (χ0v) is 14.4. The Morgan fingerprint density at radius 2 is 1.67 bits per heavy atom. The molecule has 0 saturated carbocycles. The molecule has 3 rings (SSSR count). The molecule has 0 radical (unpaired) electrons. The van der Waals surface area contributed by atoms with E-state index in [0.29, 0.717) is 17.7 Å². The van der Waals surface area contributed by atoms with Crippen LogP contribution in [-0.4, -0.2) is 4.92 Å². The van der Waals surface area contributed by atoms with Gasteiger partial charge in [0, 0.05) is 12.1 Å². The molecule has 5 nitrogen and oxygen atoms in total. The predicted molar refractivity (Wildman–Crippen MR) is 104 cm³/mol. The van der Waals surface area contributed by atoms with Crippen LogP contribution < -0.4 is 4.74 Å². The van der Waals surface area contributed by atoms with Crippen LogP contribution in [0.3, 0.4) is 0 Å². The summed E-state index contributed by atoms with van der Waals surface area (Å²) in [5.41, 5.74) is 3.00. The van der Waals surface area contributed by atoms with Crippen molar-refractivity contribution in [2.45, 2.75) is 6.61 Å². The first-order valence-corrected chi connectivity index (χ1v) is 8.29. The van der Waals surface area contributed by atoms with Crippen LogP contribution in [0, 0.1) is 21.4 Å². The second kappa shape index (κ2) is 8.45. The maximum atomic E-state index is 10.7. The summed E-state index contributed by atoms with van der Waals surface area (Å²) in [5, 5.41) is 20.1. The topological polar surface area (TPSA) is 76.2 Å². The molecule has 5 heteroatoms. The summed E-state index contributed by atoms with van der Waals surface area (Å²) >= 11 is 0. The lowest BCUT2D eigenvalue weighted by molar-refractivity contribution is -0.384. The van der Waals surface area contributed by atoms with Crippen LogP contribution in [0.4, 0.5) is 5.69 Å². The third kappa shape index (κ3) is 4.80. The summed E-state index contributed by atoms with van der Waals surface area (Å²) in [6, 6.07) is 25.4. The average molecular weight is 356 g/mol. The van der Waals surface area contributed by atoms with Crippen LogP contribution in [0.1, 0.15) is 16.7 Å². The number of nitro groups is 1. The fraction of sp³-hybridized carbons (Fsp3) is 0.0455. The number of benzene rings is 3. The summed E-state index contributed by atoms with van der Waals surface area (Å²) in [6.07, 6.45) is 1.74. The summed E-state index contributed by atoms with van der Waals surface area (Å²) in [6.45, 7) is 0.488. The lowest BCUT2D eigenvalue weighted by Crippen LogP contribution is -1.94. The van der Waals surface area contributed by atoms with Crippen LogP contribution in [0.15, 0.2) is 78.9 Å².